The number of fused-ring (bicyclic) bond motifs is 3. The number of nitrogens with two attached hydrogens (primary N) is 1. The summed E-state index contributed by atoms with van der Waals surface area (Å²) in [4.78, 5) is 119. The van der Waals surface area contributed by atoms with Gasteiger partial charge in [-0.1, -0.05) is 84.9 Å². The minimum Gasteiger partial charge on any atom is -1.00 e. The third-order valence-electron chi connectivity index (χ3n) is 14.2. The first-order valence-electron chi connectivity index (χ1n) is 29.7. The van der Waals surface area contributed by atoms with Gasteiger partial charge in [-0.3, -0.25) is 34.2 Å². The van der Waals surface area contributed by atoms with Crippen LogP contribution in [0.4, 0.5) is 21.9 Å². The number of nitrogens with one attached hydrogen (secondary N) is 4. The molecule has 0 fully saturated rings. The molecule has 2 aromatic heterocycles. The van der Waals surface area contributed by atoms with Gasteiger partial charge in [0.05, 0.1) is 17.1 Å². The van der Waals surface area contributed by atoms with Crippen molar-refractivity contribution < 1.29 is 91.2 Å². The van der Waals surface area contributed by atoms with E-state index in [9.17, 15) is 43.2 Å². The van der Waals surface area contributed by atoms with Crippen LogP contribution < -0.4 is 69.3 Å². The lowest BCUT2D eigenvalue weighted by Crippen LogP contribution is -3.00. The van der Waals surface area contributed by atoms with E-state index in [1.807, 2.05) is 91.0 Å². The van der Waals surface area contributed by atoms with E-state index in [0.717, 1.165) is 27.8 Å². The zero-order valence-corrected chi connectivity index (χ0v) is 55.7. The van der Waals surface area contributed by atoms with E-state index >= 15 is 0 Å². The normalized spacial score (nSPS) is 15.6. The number of hydrogen-bond donors (Lipinski definition) is 6. The lowest BCUT2D eigenvalue weighted by molar-refractivity contribution is -0.121. The summed E-state index contributed by atoms with van der Waals surface area (Å²) in [5.41, 5.74) is 11.7. The number of aryl methyl sites for hydroxylation is 2. The highest BCUT2D eigenvalue weighted by Gasteiger charge is 2.34. The van der Waals surface area contributed by atoms with Crippen molar-refractivity contribution in [2.24, 2.45) is 5.73 Å². The predicted octanol–water partition coefficient (Wildman–Crippen LogP) is 3.60. The molecule has 10 rings (SSSR count). The SMILES string of the molecule is CC(=O)/C=C/c1ccc2c(c1)N(C)C(=O)[C@@H](NC(=O)OC(C)(C)C)CO2.CC(=O)CCc1ccc2c(c1)N(C)C(=O)[C@@H](N)CO2.CC(=O)CCc1ccc2c(c1)N(C)C(=O)[C@@H](NC(=O)c1n[nH]c(Cc3ccccc3)n1)CO2.O=C(O)c1n[nH]c(Cc2ccccc2)n1.[I-]. The number of likely N-dealkylation sites (N-methyl/N-ethyl adjacent to an activating group) is 3. The van der Waals surface area contributed by atoms with Crippen molar-refractivity contribution in [1.82, 2.24) is 41.0 Å². The molecule has 0 saturated carbocycles. The number of ether oxygens (including phenoxy) is 4. The van der Waals surface area contributed by atoms with Gasteiger partial charge in [-0.05, 0) is 125 Å². The molecule has 3 aliphatic heterocycles. The van der Waals surface area contributed by atoms with E-state index in [-0.39, 0.29) is 90.5 Å². The first kappa shape index (κ1) is 72.9. The Kier molecular flexibility index (Phi) is 26.3. The molecule has 3 atom stereocenters. The van der Waals surface area contributed by atoms with Gasteiger partial charge in [0.25, 0.3) is 23.5 Å². The Morgan fingerprint density at radius 2 is 1.04 bits per heavy atom. The van der Waals surface area contributed by atoms with E-state index in [0.29, 0.717) is 84.5 Å². The quantitative estimate of drug-likeness (QED) is 0.0594. The number of rotatable bonds is 16. The number of Topliss-reactive ketones (excluding diaryl/α,β-unsaturated/α-hetero) is 2. The van der Waals surface area contributed by atoms with Crippen molar-refractivity contribution in [3.63, 3.8) is 0 Å². The Bertz CT molecular complexity index is 3870. The maximum Gasteiger partial charge on any atom is 0.408 e. The van der Waals surface area contributed by atoms with Gasteiger partial charge in [-0.15, -0.1) is 10.2 Å². The number of H-pyrrole nitrogens is 2. The summed E-state index contributed by atoms with van der Waals surface area (Å²) < 4.78 is 22.2. The molecule has 3 aliphatic rings. The molecule has 7 N–H and O–H groups in total. The summed E-state index contributed by atoms with van der Waals surface area (Å²) >= 11 is 0. The Morgan fingerprint density at radius 3 is 1.50 bits per heavy atom. The number of carboxylic acid groups (broad SMARTS) is 1. The van der Waals surface area contributed by atoms with Crippen LogP contribution in [0, 0.1) is 0 Å². The minimum absolute atomic E-state index is 0. The number of carboxylic acids is 1. The lowest BCUT2D eigenvalue weighted by atomic mass is 10.1. The van der Waals surface area contributed by atoms with Crippen LogP contribution in [0.15, 0.2) is 121 Å². The lowest BCUT2D eigenvalue weighted by Gasteiger charge is -2.23. The molecule has 5 aromatic carbocycles. The van der Waals surface area contributed by atoms with Crippen LogP contribution in [0.25, 0.3) is 6.08 Å². The van der Waals surface area contributed by atoms with Crippen LogP contribution in [-0.2, 0) is 59.2 Å². The van der Waals surface area contributed by atoms with Gasteiger partial charge in [0, 0.05) is 46.8 Å². The van der Waals surface area contributed by atoms with Crippen molar-refractivity contribution in [3.05, 3.63) is 172 Å². The third-order valence-corrected chi connectivity index (χ3v) is 14.2. The summed E-state index contributed by atoms with van der Waals surface area (Å²) in [6.07, 6.45) is 5.69. The molecule has 0 aliphatic carbocycles. The number of hydrogen-bond acceptors (Lipinski definition) is 18. The first-order chi connectivity index (χ1) is 44.2. The molecule has 0 bridgehead atoms. The summed E-state index contributed by atoms with van der Waals surface area (Å²) in [5, 5.41) is 26.8. The third kappa shape index (κ3) is 21.5. The van der Waals surface area contributed by atoms with E-state index in [2.05, 4.69) is 41.0 Å². The van der Waals surface area contributed by atoms with Gasteiger partial charge in [0.15, 0.2) is 5.78 Å². The number of halogens is 1. The van der Waals surface area contributed by atoms with Crippen LogP contribution in [0.3, 0.4) is 0 Å². The number of anilines is 3. The average molecular weight is 1400 g/mol. The fourth-order valence-corrected chi connectivity index (χ4v) is 9.30. The Hall–Kier alpha value is -10.2. The van der Waals surface area contributed by atoms with Crippen molar-refractivity contribution in [3.8, 4) is 17.2 Å². The summed E-state index contributed by atoms with van der Waals surface area (Å²) in [6, 6.07) is 33.4. The van der Waals surface area contributed by atoms with E-state index in [1.165, 1.54) is 27.7 Å². The molecule has 496 valence electrons. The first-order valence-corrected chi connectivity index (χ1v) is 29.7. The fraction of sp³-hybridized carbons (Fsp3) is 0.328. The summed E-state index contributed by atoms with van der Waals surface area (Å²) in [5.74, 6) is 0.297. The van der Waals surface area contributed by atoms with Gasteiger partial charge >= 0.3 is 12.1 Å². The van der Waals surface area contributed by atoms with Gasteiger partial charge in [-0.25, -0.2) is 19.6 Å². The monoisotopic (exact) mass is 1400 g/mol. The molecular formula is C67H76IN12O14-. The van der Waals surface area contributed by atoms with Crippen molar-refractivity contribution in [2.75, 3.05) is 55.7 Å². The maximum absolute atomic E-state index is 13.0. The van der Waals surface area contributed by atoms with Gasteiger partial charge in [0.1, 0.15) is 84.0 Å². The zero-order chi connectivity index (χ0) is 67.5. The number of amides is 5. The molecular weight excluding hydrogens is 1320 g/mol. The number of nitrogens with zero attached hydrogens (tertiary/aromatic N) is 7. The minimum atomic E-state index is -1.12. The second kappa shape index (κ2) is 33.9. The number of carbonyl (C=O) groups excluding carboxylic acids is 8. The molecule has 0 spiro atoms. The Labute approximate surface area is 560 Å². The number of aromatic carboxylic acids is 1. The van der Waals surface area contributed by atoms with Crippen LogP contribution in [0.1, 0.15) is 115 Å². The number of carbonyl (C=O) groups is 9. The largest absolute Gasteiger partial charge is 1.00 e. The molecule has 5 heterocycles. The van der Waals surface area contributed by atoms with Crippen LogP contribution in [-0.4, -0.2) is 153 Å². The highest BCUT2D eigenvalue weighted by molar-refractivity contribution is 6.03. The molecule has 0 radical (unpaired) electrons. The second-order valence-corrected chi connectivity index (χ2v) is 23.0. The number of allylic oxidation sites excluding steroid dienone is 1. The topological polar surface area (TPSA) is 354 Å². The van der Waals surface area contributed by atoms with E-state index in [1.54, 1.807) is 86.1 Å². The Balaban J connectivity index is 0.000000206. The number of alkyl carbamates (subject to hydrolysis) is 1. The van der Waals surface area contributed by atoms with Gasteiger partial charge in [0.2, 0.25) is 11.7 Å². The van der Waals surface area contributed by atoms with Crippen molar-refractivity contribution >= 4 is 76.2 Å². The molecule has 0 saturated heterocycles. The fourth-order valence-electron chi connectivity index (χ4n) is 9.30. The van der Waals surface area contributed by atoms with Crippen molar-refractivity contribution in [1.29, 1.82) is 0 Å². The molecule has 27 heteroatoms. The zero-order valence-electron chi connectivity index (χ0n) is 53.6. The number of aromatic amines is 2. The average Bonchev–Trinajstić information content (AvgIpc) is 1.61. The summed E-state index contributed by atoms with van der Waals surface area (Å²) in [6.45, 7) is 9.99. The van der Waals surface area contributed by atoms with Crippen molar-refractivity contribution in [2.45, 2.75) is 104 Å². The van der Waals surface area contributed by atoms with Crippen LogP contribution in [0.5, 0.6) is 17.2 Å². The predicted molar refractivity (Wildman–Crippen MR) is 344 cm³/mol. The standard InChI is InChI=1S/C24H25N5O4.C19H24N2O5.C14H18N2O3.C10H9N3O2.HI/c1-15(30)8-9-17-10-11-20-19(12-17)29(2)24(32)18(14-33-20)25-23(31)22-26-21(27-28-22)13-16-6-4-3-5-7-16;1-12(22)6-7-13-8-9-16-15(10-13)21(5)17(23)14(11-25-16)20-18(24)26-19(2,3)4;1-9(17)3-4-10-5-6-13-12(7-10)16(2)14(18)11(15)8-19-13;14-10(15)9-11-8(12-13-9)6-7-4-2-1-3-5-7;/h3-7,10-12,18H,8-9,13-14H2,1-2H3,(H,25,31)(H,26,27,28);6-10,14H,11H2,1-5H3,(H,20,24);5-7,11H,3-4,8,15H2,1-2H3;1-5H,6H2,(H,14,15)(H,11,12,13);1H/p-1/b;7-6+;;;/t18-;14-;11-;;/m000../s1. The molecule has 5 amide bonds. The maximum atomic E-state index is 13.0. The highest BCUT2D eigenvalue weighted by atomic mass is 127. The Morgan fingerprint density at radius 1 is 0.606 bits per heavy atom. The van der Waals surface area contributed by atoms with Crippen LogP contribution >= 0.6 is 0 Å². The number of aromatic nitrogens is 6. The summed E-state index contributed by atoms with van der Waals surface area (Å²) in [7, 11) is 4.93. The smallest absolute Gasteiger partial charge is 0.408 e. The van der Waals surface area contributed by atoms with Crippen LogP contribution in [0.2, 0.25) is 0 Å². The molecule has 0 unspecified atom stereocenters. The molecule has 7 aromatic rings. The van der Waals surface area contributed by atoms with Gasteiger partial charge in [-0.2, -0.15) is 0 Å². The van der Waals surface area contributed by atoms with E-state index in [4.69, 9.17) is 29.8 Å². The van der Waals surface area contributed by atoms with E-state index < -0.39 is 41.7 Å². The molecule has 94 heavy (non-hydrogen) atoms. The molecule has 26 nitrogen and oxygen atoms in total. The van der Waals surface area contributed by atoms with Gasteiger partial charge < -0.3 is 88.7 Å². The number of benzene rings is 5. The highest BCUT2D eigenvalue weighted by Crippen LogP contribution is 2.35. The second-order valence-electron chi connectivity index (χ2n) is 23.0. The number of ketones is 3.